The third-order valence-corrected chi connectivity index (χ3v) is 5.14. The number of hydrogen-bond acceptors (Lipinski definition) is 5. The summed E-state index contributed by atoms with van der Waals surface area (Å²) >= 11 is 0. The van der Waals surface area contributed by atoms with Crippen LogP contribution >= 0.6 is 0 Å². The fourth-order valence-corrected chi connectivity index (χ4v) is 3.22. The number of benzene rings is 2. The van der Waals surface area contributed by atoms with E-state index in [0.29, 0.717) is 42.1 Å². The number of amides is 2. The van der Waals surface area contributed by atoms with Crippen LogP contribution < -0.4 is 19.7 Å². The molecule has 0 aliphatic carbocycles. The minimum absolute atomic E-state index is 0.0303. The number of para-hydroxylation sites is 1. The summed E-state index contributed by atoms with van der Waals surface area (Å²) in [5.74, 6) is 0.739. The minimum Gasteiger partial charge on any atom is -0.485 e. The van der Waals surface area contributed by atoms with Crippen molar-refractivity contribution >= 4 is 23.3 Å². The Morgan fingerprint density at radius 2 is 1.97 bits per heavy atom. The summed E-state index contributed by atoms with van der Waals surface area (Å²) in [5, 5.41) is 2.92. The number of fused-ring (bicyclic) bond motifs is 1. The zero-order valence-electron chi connectivity index (χ0n) is 17.9. The predicted molar refractivity (Wildman–Crippen MR) is 118 cm³/mol. The van der Waals surface area contributed by atoms with E-state index >= 15 is 0 Å². The van der Waals surface area contributed by atoms with Gasteiger partial charge in [-0.3, -0.25) is 14.4 Å². The van der Waals surface area contributed by atoms with Gasteiger partial charge >= 0.3 is 0 Å². The number of anilines is 1. The van der Waals surface area contributed by atoms with Gasteiger partial charge in [0.1, 0.15) is 11.5 Å². The van der Waals surface area contributed by atoms with Crippen molar-refractivity contribution in [2.24, 2.45) is 0 Å². The molecule has 0 spiro atoms. The molecule has 1 atom stereocenters. The highest BCUT2D eigenvalue weighted by Gasteiger charge is 2.26. The molecule has 2 aromatic carbocycles. The SMILES string of the molecule is CCC(C)NC(=O)CCCN1C(=O)COc2ccc(C(=O)COc3ccccc3)cc21. The Hall–Kier alpha value is -3.35. The molecule has 1 aliphatic rings. The predicted octanol–water partition coefficient (Wildman–Crippen LogP) is 3.37. The zero-order valence-corrected chi connectivity index (χ0v) is 17.9. The van der Waals surface area contributed by atoms with Gasteiger partial charge in [0, 0.05) is 24.6 Å². The lowest BCUT2D eigenvalue weighted by atomic mass is 10.1. The maximum Gasteiger partial charge on any atom is 0.265 e. The van der Waals surface area contributed by atoms with Crippen molar-refractivity contribution in [2.75, 3.05) is 24.7 Å². The van der Waals surface area contributed by atoms with E-state index in [9.17, 15) is 14.4 Å². The lowest BCUT2D eigenvalue weighted by Crippen LogP contribution is -2.40. The molecule has 0 fully saturated rings. The van der Waals surface area contributed by atoms with Crippen LogP contribution in [0.5, 0.6) is 11.5 Å². The highest BCUT2D eigenvalue weighted by molar-refractivity contribution is 6.02. The van der Waals surface area contributed by atoms with E-state index in [1.807, 2.05) is 32.0 Å². The molecular formula is C24H28N2O5. The molecule has 31 heavy (non-hydrogen) atoms. The quantitative estimate of drug-likeness (QED) is 0.591. The molecule has 0 bridgehead atoms. The molecule has 0 aromatic heterocycles. The largest absolute Gasteiger partial charge is 0.485 e. The smallest absolute Gasteiger partial charge is 0.265 e. The van der Waals surface area contributed by atoms with Gasteiger partial charge in [0.25, 0.3) is 5.91 Å². The van der Waals surface area contributed by atoms with Gasteiger partial charge in [-0.15, -0.1) is 0 Å². The van der Waals surface area contributed by atoms with Crippen molar-refractivity contribution in [3.05, 3.63) is 54.1 Å². The van der Waals surface area contributed by atoms with Gasteiger partial charge in [-0.25, -0.2) is 0 Å². The van der Waals surface area contributed by atoms with Crippen LogP contribution in [-0.2, 0) is 9.59 Å². The monoisotopic (exact) mass is 424 g/mol. The summed E-state index contributed by atoms with van der Waals surface area (Å²) < 4.78 is 11.1. The number of ketones is 1. The van der Waals surface area contributed by atoms with Crippen LogP contribution in [0, 0.1) is 0 Å². The molecule has 1 unspecified atom stereocenters. The lowest BCUT2D eigenvalue weighted by Gasteiger charge is -2.29. The van der Waals surface area contributed by atoms with E-state index in [1.54, 1.807) is 35.2 Å². The van der Waals surface area contributed by atoms with Gasteiger partial charge in [-0.1, -0.05) is 25.1 Å². The number of carbonyl (C=O) groups is 3. The summed E-state index contributed by atoms with van der Waals surface area (Å²) in [6.07, 6.45) is 1.71. The average molecular weight is 424 g/mol. The first-order valence-electron chi connectivity index (χ1n) is 10.6. The number of ether oxygens (including phenoxy) is 2. The van der Waals surface area contributed by atoms with Crippen LogP contribution in [0.4, 0.5) is 5.69 Å². The maximum atomic E-state index is 12.6. The fraction of sp³-hybridized carbons (Fsp3) is 0.375. The molecular weight excluding hydrogens is 396 g/mol. The molecule has 7 heteroatoms. The summed E-state index contributed by atoms with van der Waals surface area (Å²) in [6, 6.07) is 14.3. The Labute approximate surface area is 182 Å². The number of nitrogens with zero attached hydrogens (tertiary/aromatic N) is 1. The highest BCUT2D eigenvalue weighted by atomic mass is 16.5. The molecule has 0 saturated carbocycles. The van der Waals surface area contributed by atoms with E-state index in [-0.39, 0.29) is 36.9 Å². The molecule has 3 rings (SSSR count). The molecule has 1 aliphatic heterocycles. The summed E-state index contributed by atoms with van der Waals surface area (Å²) in [5.41, 5.74) is 0.983. The first kappa shape index (κ1) is 22.3. The Morgan fingerprint density at radius 3 is 2.71 bits per heavy atom. The molecule has 0 radical (unpaired) electrons. The Bertz CT molecular complexity index is 929. The van der Waals surface area contributed by atoms with Crippen molar-refractivity contribution in [2.45, 2.75) is 39.2 Å². The Morgan fingerprint density at radius 1 is 1.19 bits per heavy atom. The molecule has 1 heterocycles. The van der Waals surface area contributed by atoms with Gasteiger partial charge in [-0.2, -0.15) is 0 Å². The Kier molecular flexibility index (Phi) is 7.65. The van der Waals surface area contributed by atoms with Gasteiger partial charge in [0.05, 0.1) is 5.69 Å². The van der Waals surface area contributed by atoms with E-state index < -0.39 is 0 Å². The van der Waals surface area contributed by atoms with Crippen LogP contribution in [0.15, 0.2) is 48.5 Å². The fourth-order valence-electron chi connectivity index (χ4n) is 3.22. The average Bonchev–Trinajstić information content (AvgIpc) is 2.79. The summed E-state index contributed by atoms with van der Waals surface area (Å²) in [7, 11) is 0. The van der Waals surface area contributed by atoms with E-state index in [0.717, 1.165) is 6.42 Å². The van der Waals surface area contributed by atoms with Crippen molar-refractivity contribution in [1.82, 2.24) is 5.32 Å². The summed E-state index contributed by atoms with van der Waals surface area (Å²) in [4.78, 5) is 38.6. The lowest BCUT2D eigenvalue weighted by molar-refractivity contribution is -0.123. The van der Waals surface area contributed by atoms with Crippen LogP contribution in [0.3, 0.4) is 0 Å². The summed E-state index contributed by atoms with van der Waals surface area (Å²) in [6.45, 7) is 4.18. The molecule has 7 nitrogen and oxygen atoms in total. The van der Waals surface area contributed by atoms with Gasteiger partial charge < -0.3 is 19.7 Å². The second-order valence-corrected chi connectivity index (χ2v) is 7.52. The van der Waals surface area contributed by atoms with Crippen molar-refractivity contribution in [3.63, 3.8) is 0 Å². The van der Waals surface area contributed by atoms with Gasteiger partial charge in [0.2, 0.25) is 5.91 Å². The van der Waals surface area contributed by atoms with Crippen LogP contribution in [0.25, 0.3) is 0 Å². The van der Waals surface area contributed by atoms with Crippen molar-refractivity contribution in [1.29, 1.82) is 0 Å². The molecule has 164 valence electrons. The molecule has 2 aromatic rings. The minimum atomic E-state index is -0.197. The van der Waals surface area contributed by atoms with Crippen molar-refractivity contribution in [3.8, 4) is 11.5 Å². The molecule has 2 amide bonds. The second kappa shape index (κ2) is 10.6. The molecule has 0 saturated heterocycles. The highest BCUT2D eigenvalue weighted by Crippen LogP contribution is 2.33. The standard InChI is InChI=1S/C24H28N2O5/c1-3-17(2)25-23(28)10-7-13-26-20-14-18(11-12-22(20)31-16-24(26)29)21(27)15-30-19-8-5-4-6-9-19/h4-6,8-9,11-12,14,17H,3,7,10,13,15-16H2,1-2H3,(H,25,28). The van der Waals surface area contributed by atoms with E-state index in [4.69, 9.17) is 9.47 Å². The third kappa shape index (κ3) is 6.07. The van der Waals surface area contributed by atoms with Crippen molar-refractivity contribution < 1.29 is 23.9 Å². The number of carbonyl (C=O) groups excluding carboxylic acids is 3. The zero-order chi connectivity index (χ0) is 22.2. The van der Waals surface area contributed by atoms with Gasteiger partial charge in [-0.05, 0) is 50.1 Å². The second-order valence-electron chi connectivity index (χ2n) is 7.52. The topological polar surface area (TPSA) is 84.9 Å². The first-order chi connectivity index (χ1) is 15.0. The first-order valence-corrected chi connectivity index (χ1v) is 10.6. The number of Topliss-reactive ketones (excluding diaryl/α,β-unsaturated/α-hetero) is 1. The Balaban J connectivity index is 1.64. The number of hydrogen-bond donors (Lipinski definition) is 1. The number of nitrogens with one attached hydrogen (secondary N) is 1. The molecule has 1 N–H and O–H groups in total. The van der Waals surface area contributed by atoms with E-state index in [2.05, 4.69) is 5.32 Å². The third-order valence-electron chi connectivity index (χ3n) is 5.14. The van der Waals surface area contributed by atoms with Crippen LogP contribution in [0.1, 0.15) is 43.5 Å². The van der Waals surface area contributed by atoms with Gasteiger partial charge in [0.15, 0.2) is 19.0 Å². The normalized spacial score (nSPS) is 13.7. The van der Waals surface area contributed by atoms with Crippen LogP contribution in [0.2, 0.25) is 0 Å². The van der Waals surface area contributed by atoms with Crippen LogP contribution in [-0.4, -0.2) is 43.4 Å². The maximum absolute atomic E-state index is 12.6. The number of rotatable bonds is 10. The van der Waals surface area contributed by atoms with E-state index in [1.165, 1.54) is 0 Å².